The van der Waals surface area contributed by atoms with Crippen LogP contribution in [0.4, 0.5) is 15.8 Å². The number of nitrogens with one attached hydrogen (secondary N) is 2. The normalized spacial score (nSPS) is 17.3. The SMILES string of the molecule is N#Cc1c(N2CCCC(=O)C2)ccc(NC(=O)C2(NC(=O)c3cc4ccccc4o3)CCCCC2)c1F. The van der Waals surface area contributed by atoms with Crippen molar-refractivity contribution < 1.29 is 23.2 Å². The van der Waals surface area contributed by atoms with E-state index in [1.54, 1.807) is 23.1 Å². The molecule has 1 saturated carbocycles. The molecule has 3 aromatic rings. The molecule has 5 rings (SSSR count). The summed E-state index contributed by atoms with van der Waals surface area (Å²) in [6.45, 7) is 0.666. The Morgan fingerprint density at radius 2 is 1.86 bits per heavy atom. The molecule has 2 amide bonds. The average molecular weight is 503 g/mol. The molecule has 0 unspecified atom stereocenters. The van der Waals surface area contributed by atoms with E-state index in [1.165, 1.54) is 6.07 Å². The van der Waals surface area contributed by atoms with Gasteiger partial charge in [0.1, 0.15) is 22.8 Å². The van der Waals surface area contributed by atoms with Gasteiger partial charge in [0, 0.05) is 18.4 Å². The van der Waals surface area contributed by atoms with E-state index in [2.05, 4.69) is 10.6 Å². The summed E-state index contributed by atoms with van der Waals surface area (Å²) in [7, 11) is 0. The zero-order chi connectivity index (χ0) is 26.0. The highest BCUT2D eigenvalue weighted by molar-refractivity contribution is 6.04. The van der Waals surface area contributed by atoms with E-state index in [4.69, 9.17) is 4.42 Å². The van der Waals surface area contributed by atoms with E-state index in [9.17, 15) is 19.6 Å². The van der Waals surface area contributed by atoms with E-state index in [-0.39, 0.29) is 29.3 Å². The van der Waals surface area contributed by atoms with Crippen molar-refractivity contribution >= 4 is 39.9 Å². The van der Waals surface area contributed by atoms with Crippen molar-refractivity contribution in [2.24, 2.45) is 0 Å². The summed E-state index contributed by atoms with van der Waals surface area (Å²) in [6.07, 6.45) is 4.26. The molecule has 1 aliphatic carbocycles. The minimum Gasteiger partial charge on any atom is -0.451 e. The maximum Gasteiger partial charge on any atom is 0.287 e. The van der Waals surface area contributed by atoms with Gasteiger partial charge < -0.3 is 20.0 Å². The summed E-state index contributed by atoms with van der Waals surface area (Å²) in [6, 6.07) is 13.7. The molecule has 2 heterocycles. The van der Waals surface area contributed by atoms with E-state index in [1.807, 2.05) is 24.3 Å². The smallest absolute Gasteiger partial charge is 0.287 e. The molecule has 190 valence electrons. The number of furan rings is 1. The monoisotopic (exact) mass is 502 g/mol. The minimum atomic E-state index is -1.24. The Balaban J connectivity index is 1.39. The molecule has 9 heteroatoms. The van der Waals surface area contributed by atoms with Crippen molar-refractivity contribution in [3.8, 4) is 6.07 Å². The number of ketones is 1. The van der Waals surface area contributed by atoms with Gasteiger partial charge in [-0.25, -0.2) is 4.39 Å². The zero-order valence-corrected chi connectivity index (χ0v) is 20.3. The lowest BCUT2D eigenvalue weighted by Crippen LogP contribution is -2.57. The molecule has 2 aliphatic rings. The van der Waals surface area contributed by atoms with Gasteiger partial charge in [0.25, 0.3) is 5.91 Å². The number of benzene rings is 2. The molecule has 2 fully saturated rings. The van der Waals surface area contributed by atoms with Crippen LogP contribution in [0, 0.1) is 17.1 Å². The second-order valence-electron chi connectivity index (χ2n) is 9.70. The van der Waals surface area contributed by atoms with Gasteiger partial charge in [-0.05, 0) is 43.5 Å². The van der Waals surface area contributed by atoms with Crippen LogP contribution < -0.4 is 15.5 Å². The Labute approximate surface area is 213 Å². The molecule has 37 heavy (non-hydrogen) atoms. The standard InChI is InChI=1S/C28H27FN4O4/c29-25-20(16-30)22(33-14-6-8-19(34)17-33)11-10-21(25)31-27(36)28(12-4-1-5-13-28)32-26(35)24-15-18-7-2-3-9-23(18)37-24/h2-3,7,9-11,15H,1,4-6,8,12-14,17H2,(H,31,36)(H,32,35). The summed E-state index contributed by atoms with van der Waals surface area (Å²) in [5.74, 6) is -1.79. The molecule has 0 radical (unpaired) electrons. The van der Waals surface area contributed by atoms with Crippen LogP contribution in [0.3, 0.4) is 0 Å². The molecule has 1 saturated heterocycles. The zero-order valence-electron chi connectivity index (χ0n) is 20.3. The van der Waals surface area contributed by atoms with Crippen LogP contribution in [0.15, 0.2) is 46.9 Å². The molecule has 2 aromatic carbocycles. The van der Waals surface area contributed by atoms with Crippen molar-refractivity contribution in [1.82, 2.24) is 5.32 Å². The summed E-state index contributed by atoms with van der Waals surface area (Å²) in [5.41, 5.74) is -0.716. The lowest BCUT2D eigenvalue weighted by molar-refractivity contribution is -0.123. The number of carbonyl (C=O) groups is 3. The number of hydrogen-bond acceptors (Lipinski definition) is 6. The van der Waals surface area contributed by atoms with Gasteiger partial charge in [-0.15, -0.1) is 0 Å². The van der Waals surface area contributed by atoms with Crippen LogP contribution in [-0.4, -0.2) is 36.2 Å². The van der Waals surface area contributed by atoms with Crippen LogP contribution in [0.25, 0.3) is 11.0 Å². The average Bonchev–Trinajstić information content (AvgIpc) is 3.35. The highest BCUT2D eigenvalue weighted by atomic mass is 19.1. The molecule has 1 aromatic heterocycles. The number of amides is 2. The van der Waals surface area contributed by atoms with E-state index in [0.29, 0.717) is 43.5 Å². The Kier molecular flexibility index (Phi) is 6.66. The van der Waals surface area contributed by atoms with E-state index >= 15 is 4.39 Å². The first-order chi connectivity index (χ1) is 17.9. The summed E-state index contributed by atoms with van der Waals surface area (Å²) in [5, 5.41) is 15.9. The van der Waals surface area contributed by atoms with Crippen LogP contribution in [-0.2, 0) is 9.59 Å². The molecule has 1 aliphatic heterocycles. The first-order valence-corrected chi connectivity index (χ1v) is 12.5. The Hall–Kier alpha value is -4.19. The third-order valence-electron chi connectivity index (χ3n) is 7.22. The molecule has 8 nitrogen and oxygen atoms in total. The largest absolute Gasteiger partial charge is 0.451 e. The number of fused-ring (bicyclic) bond motifs is 1. The molecular formula is C28H27FN4O4. The number of piperidine rings is 1. The highest BCUT2D eigenvalue weighted by Gasteiger charge is 2.42. The van der Waals surface area contributed by atoms with Gasteiger partial charge in [-0.1, -0.05) is 37.5 Å². The van der Waals surface area contributed by atoms with E-state index < -0.39 is 23.2 Å². The number of anilines is 2. The molecule has 0 atom stereocenters. The second kappa shape index (κ2) is 10.1. The number of rotatable bonds is 5. The van der Waals surface area contributed by atoms with Gasteiger partial charge in [0.05, 0.1) is 17.9 Å². The number of Topliss-reactive ketones (excluding diaryl/α,β-unsaturated/α-hetero) is 1. The van der Waals surface area contributed by atoms with Crippen LogP contribution in [0.5, 0.6) is 0 Å². The second-order valence-corrected chi connectivity index (χ2v) is 9.70. The lowest BCUT2D eigenvalue weighted by Gasteiger charge is -2.36. The predicted octanol–water partition coefficient (Wildman–Crippen LogP) is 4.68. The predicted molar refractivity (Wildman–Crippen MR) is 136 cm³/mol. The maximum absolute atomic E-state index is 15.4. The van der Waals surface area contributed by atoms with Crippen molar-refractivity contribution in [3.05, 3.63) is 59.6 Å². The number of nitriles is 1. The first-order valence-electron chi connectivity index (χ1n) is 12.5. The van der Waals surface area contributed by atoms with Gasteiger partial charge >= 0.3 is 0 Å². The first kappa shape index (κ1) is 24.5. The minimum absolute atomic E-state index is 0.0346. The Morgan fingerprint density at radius 3 is 2.59 bits per heavy atom. The highest BCUT2D eigenvalue weighted by Crippen LogP contribution is 2.33. The topological polar surface area (TPSA) is 115 Å². The van der Waals surface area contributed by atoms with E-state index in [0.717, 1.165) is 24.6 Å². The summed E-state index contributed by atoms with van der Waals surface area (Å²) >= 11 is 0. The lowest BCUT2D eigenvalue weighted by atomic mass is 9.80. The fraction of sp³-hybridized carbons (Fsp3) is 0.357. The van der Waals surface area contributed by atoms with Gasteiger partial charge in [-0.2, -0.15) is 5.26 Å². The fourth-order valence-electron chi connectivity index (χ4n) is 5.25. The maximum atomic E-state index is 15.4. The van der Waals surface area contributed by atoms with Crippen molar-refractivity contribution in [1.29, 1.82) is 5.26 Å². The number of carbonyl (C=O) groups excluding carboxylic acids is 3. The number of nitrogens with zero attached hydrogens (tertiary/aromatic N) is 2. The third-order valence-corrected chi connectivity index (χ3v) is 7.22. The summed E-state index contributed by atoms with van der Waals surface area (Å²) in [4.78, 5) is 40.2. The molecular weight excluding hydrogens is 475 g/mol. The molecule has 0 spiro atoms. The van der Waals surface area contributed by atoms with Crippen LogP contribution in [0.2, 0.25) is 0 Å². The molecule has 2 N–H and O–H groups in total. The van der Waals surface area contributed by atoms with Crippen LogP contribution >= 0.6 is 0 Å². The number of hydrogen-bond donors (Lipinski definition) is 2. The van der Waals surface area contributed by atoms with Crippen molar-refractivity contribution in [2.45, 2.75) is 50.5 Å². The number of halogens is 1. The third kappa shape index (κ3) is 4.79. The van der Waals surface area contributed by atoms with Gasteiger partial charge in [0.2, 0.25) is 5.91 Å². The van der Waals surface area contributed by atoms with Crippen molar-refractivity contribution in [2.75, 3.05) is 23.3 Å². The Bertz CT molecular complexity index is 1380. The number of para-hydroxylation sites is 1. The van der Waals surface area contributed by atoms with Crippen molar-refractivity contribution in [3.63, 3.8) is 0 Å². The van der Waals surface area contributed by atoms with Crippen LogP contribution in [0.1, 0.15) is 61.1 Å². The molecule has 0 bridgehead atoms. The fourth-order valence-corrected chi connectivity index (χ4v) is 5.25. The summed E-state index contributed by atoms with van der Waals surface area (Å²) < 4.78 is 21.1. The Morgan fingerprint density at radius 1 is 1.08 bits per heavy atom. The van der Waals surface area contributed by atoms with Gasteiger partial charge in [0.15, 0.2) is 17.4 Å². The van der Waals surface area contributed by atoms with Gasteiger partial charge in [-0.3, -0.25) is 14.4 Å². The quantitative estimate of drug-likeness (QED) is 0.523.